The van der Waals surface area contributed by atoms with Gasteiger partial charge in [-0.25, -0.2) is 15.0 Å². The fourth-order valence-electron chi connectivity index (χ4n) is 12.3. The van der Waals surface area contributed by atoms with Crippen LogP contribution in [-0.4, -0.2) is 33.2 Å². The number of anilines is 3. The first kappa shape index (κ1) is 45.9. The van der Waals surface area contributed by atoms with Crippen LogP contribution in [0.25, 0.3) is 49.9 Å². The lowest BCUT2D eigenvalue weighted by atomic mass is 9.59. The molecule has 7 heteroatoms. The number of benzene rings is 6. The number of aromatic nitrogens is 4. The molecule has 0 fully saturated rings. The highest BCUT2D eigenvalue weighted by atomic mass is 16.5. The third kappa shape index (κ3) is 6.72. The van der Waals surface area contributed by atoms with Gasteiger partial charge in [0.05, 0.1) is 40.2 Å². The highest BCUT2D eigenvalue weighted by Crippen LogP contribution is 2.68. The highest BCUT2D eigenvalue weighted by Gasteiger charge is 2.57. The summed E-state index contributed by atoms with van der Waals surface area (Å²) >= 11 is 0. The Hall–Kier alpha value is -7.25. The van der Waals surface area contributed by atoms with Gasteiger partial charge in [0.1, 0.15) is 23.6 Å². The van der Waals surface area contributed by atoms with Gasteiger partial charge in [-0.3, -0.25) is 4.57 Å². The molecular formula is C65H66N6O. The van der Waals surface area contributed by atoms with Gasteiger partial charge in [0.2, 0.25) is 0 Å². The average molecular weight is 947 g/mol. The van der Waals surface area contributed by atoms with Gasteiger partial charge in [-0.1, -0.05) is 144 Å². The predicted octanol–water partition coefficient (Wildman–Crippen LogP) is 16.1. The van der Waals surface area contributed by atoms with Gasteiger partial charge >= 0.3 is 0 Å². The second-order valence-corrected chi connectivity index (χ2v) is 24.9. The van der Waals surface area contributed by atoms with Crippen molar-refractivity contribution in [1.82, 2.24) is 19.5 Å². The molecule has 6 aromatic carbocycles. The zero-order valence-corrected chi connectivity index (χ0v) is 44.5. The molecule has 0 unspecified atom stereocenters. The highest BCUT2D eigenvalue weighted by molar-refractivity contribution is 6.09. The second kappa shape index (κ2) is 15.4. The molecule has 9 aromatic rings. The largest absolute Gasteiger partial charge is 0.457 e. The Labute approximate surface area is 425 Å². The molecule has 0 radical (unpaired) electrons. The summed E-state index contributed by atoms with van der Waals surface area (Å²) in [6.07, 6.45) is 7.17. The molecule has 1 aliphatic carbocycles. The maximum atomic E-state index is 7.13. The Morgan fingerprint density at radius 3 is 1.78 bits per heavy atom. The number of para-hydroxylation sites is 2. The molecule has 72 heavy (non-hydrogen) atoms. The van der Waals surface area contributed by atoms with E-state index in [9.17, 15) is 0 Å². The van der Waals surface area contributed by atoms with Crippen LogP contribution in [0.5, 0.6) is 11.5 Å². The maximum absolute atomic E-state index is 7.13. The van der Waals surface area contributed by atoms with Crippen LogP contribution in [0.2, 0.25) is 0 Å². The lowest BCUT2D eigenvalue weighted by Gasteiger charge is -2.46. The van der Waals surface area contributed by atoms with Crippen LogP contribution in [-0.2, 0) is 27.1 Å². The van der Waals surface area contributed by atoms with Crippen molar-refractivity contribution < 1.29 is 4.74 Å². The lowest BCUT2D eigenvalue weighted by molar-refractivity contribution is 0.482. The number of rotatable bonds is 4. The zero-order chi connectivity index (χ0) is 50.6. The fraction of sp³-hybridized carbons (Fsp3) is 0.308. The minimum Gasteiger partial charge on any atom is -0.457 e. The minimum atomic E-state index is -0.627. The molecule has 1 spiro atoms. The van der Waals surface area contributed by atoms with Crippen molar-refractivity contribution >= 4 is 38.9 Å². The summed E-state index contributed by atoms with van der Waals surface area (Å²) in [6.45, 7) is 31.5. The Bertz CT molecular complexity index is 3640. The van der Waals surface area contributed by atoms with Crippen molar-refractivity contribution in [2.45, 2.75) is 117 Å². The van der Waals surface area contributed by atoms with Crippen LogP contribution in [0.1, 0.15) is 133 Å². The molecule has 362 valence electrons. The molecule has 3 aromatic heterocycles. The Balaban J connectivity index is 1.10. The molecule has 12 rings (SSSR count). The van der Waals surface area contributed by atoms with Crippen molar-refractivity contribution in [1.29, 1.82) is 0 Å². The van der Waals surface area contributed by atoms with Gasteiger partial charge < -0.3 is 14.5 Å². The van der Waals surface area contributed by atoms with Crippen molar-refractivity contribution in [2.75, 3.05) is 23.5 Å². The quantitative estimate of drug-likeness (QED) is 0.175. The normalized spacial score (nSPS) is 14.8. The maximum Gasteiger partial charge on any atom is 0.137 e. The van der Waals surface area contributed by atoms with Gasteiger partial charge in [0, 0.05) is 59.7 Å². The molecule has 0 N–H and O–H groups in total. The van der Waals surface area contributed by atoms with Crippen LogP contribution in [0, 0.1) is 6.92 Å². The molecule has 7 nitrogen and oxygen atoms in total. The number of hydrogen-bond acceptors (Lipinski definition) is 6. The molecule has 3 aliphatic rings. The standard InChI is InChI=1S/C65H66N6O/c1-38-26-57(68-35-48(38)39-33-66-36-67-34-39)71-53-20-16-15-18-44(53)45-24-22-42(31-55(45)71)72-43-23-25-49-56(32-43)70-37-69(14)54-21-17-19-50(60(54)70)65(49)58-46(27-40(61(2,3)4)29-51(58)63(8,9)10)47-28-41(62(5,6)7)30-52(59(47)65)64(11,12)13/h15-36H,37H2,1-14H3. The van der Waals surface area contributed by atoms with Gasteiger partial charge in [-0.15, -0.1) is 0 Å². The van der Waals surface area contributed by atoms with E-state index in [1.807, 2.05) is 18.6 Å². The number of nitrogens with zero attached hydrogens (tertiary/aromatic N) is 6. The van der Waals surface area contributed by atoms with Crippen LogP contribution >= 0.6 is 0 Å². The third-order valence-electron chi connectivity index (χ3n) is 15.9. The van der Waals surface area contributed by atoms with Crippen LogP contribution in [0.15, 0.2) is 134 Å². The molecule has 0 bridgehead atoms. The first-order valence-electron chi connectivity index (χ1n) is 25.6. The van der Waals surface area contributed by atoms with E-state index in [1.165, 1.54) is 72.7 Å². The van der Waals surface area contributed by atoms with Crippen molar-refractivity contribution in [2.24, 2.45) is 0 Å². The summed E-state index contributed by atoms with van der Waals surface area (Å²) in [7, 11) is 2.23. The van der Waals surface area contributed by atoms with Crippen molar-refractivity contribution in [3.63, 3.8) is 0 Å². The van der Waals surface area contributed by atoms with Gasteiger partial charge in [0.25, 0.3) is 0 Å². The SMILES string of the molecule is Cc1cc(-n2c3ccccc3c3ccc(Oc4ccc5c(c4)N4CN(C)c6cccc(c64)C54c5c(cc(C(C)(C)C)cc5C(C)(C)C)-c5cc(C(C)(C)C)cc(C(C)(C)C)c54)cc32)ncc1-c1cncnc1. The topological polar surface area (TPSA) is 59.3 Å². The van der Waals surface area contributed by atoms with E-state index in [-0.39, 0.29) is 21.7 Å². The second-order valence-electron chi connectivity index (χ2n) is 24.9. The number of aryl methyl sites for hydroxylation is 1. The first-order chi connectivity index (χ1) is 34.0. The Morgan fingerprint density at radius 1 is 0.542 bits per heavy atom. The van der Waals surface area contributed by atoms with E-state index in [2.05, 4.69) is 231 Å². The van der Waals surface area contributed by atoms with E-state index in [1.54, 1.807) is 6.33 Å². The van der Waals surface area contributed by atoms with E-state index < -0.39 is 5.41 Å². The van der Waals surface area contributed by atoms with Gasteiger partial charge in [-0.05, 0) is 126 Å². The summed E-state index contributed by atoms with van der Waals surface area (Å²) in [4.78, 5) is 18.6. The average Bonchev–Trinajstić information content (AvgIpc) is 3.95. The molecule has 0 saturated carbocycles. The molecule has 0 amide bonds. The Morgan fingerprint density at radius 2 is 1.15 bits per heavy atom. The van der Waals surface area contributed by atoms with Crippen LogP contribution < -0.4 is 14.5 Å². The summed E-state index contributed by atoms with van der Waals surface area (Å²) in [5.41, 5.74) is 21.5. The molecule has 2 aliphatic heterocycles. The van der Waals surface area contributed by atoms with E-state index in [4.69, 9.17) is 9.72 Å². The lowest BCUT2D eigenvalue weighted by Crippen LogP contribution is -2.40. The zero-order valence-electron chi connectivity index (χ0n) is 44.5. The molecule has 0 saturated heterocycles. The number of hydrogen-bond donors (Lipinski definition) is 0. The minimum absolute atomic E-state index is 0.0562. The van der Waals surface area contributed by atoms with Gasteiger partial charge in [0.15, 0.2) is 0 Å². The molecular weight excluding hydrogens is 881 g/mol. The van der Waals surface area contributed by atoms with Gasteiger partial charge in [-0.2, -0.15) is 0 Å². The summed E-state index contributed by atoms with van der Waals surface area (Å²) in [5.74, 6) is 2.40. The first-order valence-corrected chi connectivity index (χ1v) is 25.6. The molecule has 0 atom stereocenters. The summed E-state index contributed by atoms with van der Waals surface area (Å²) in [5, 5.41) is 2.30. The van der Waals surface area contributed by atoms with E-state index in [0.717, 1.165) is 62.5 Å². The van der Waals surface area contributed by atoms with E-state index >= 15 is 0 Å². The number of fused-ring (bicyclic) bond motifs is 12. The Kier molecular flexibility index (Phi) is 9.80. The summed E-state index contributed by atoms with van der Waals surface area (Å²) < 4.78 is 9.39. The van der Waals surface area contributed by atoms with Crippen molar-refractivity contribution in [3.8, 4) is 39.6 Å². The van der Waals surface area contributed by atoms with E-state index in [0.29, 0.717) is 0 Å². The third-order valence-corrected chi connectivity index (χ3v) is 15.9. The number of ether oxygens (including phenoxy) is 1. The predicted molar refractivity (Wildman–Crippen MR) is 298 cm³/mol. The van der Waals surface area contributed by atoms with Crippen LogP contribution in [0.3, 0.4) is 0 Å². The fourth-order valence-corrected chi connectivity index (χ4v) is 12.3. The smallest absolute Gasteiger partial charge is 0.137 e. The summed E-state index contributed by atoms with van der Waals surface area (Å²) in [6, 6.07) is 41.5. The number of pyridine rings is 1. The van der Waals surface area contributed by atoms with Crippen molar-refractivity contribution in [3.05, 3.63) is 184 Å². The monoisotopic (exact) mass is 947 g/mol. The molecule has 5 heterocycles. The van der Waals surface area contributed by atoms with Crippen LogP contribution in [0.4, 0.5) is 17.1 Å².